The van der Waals surface area contributed by atoms with E-state index in [4.69, 9.17) is 15.3 Å². The lowest BCUT2D eigenvalue weighted by molar-refractivity contribution is -0.158. The van der Waals surface area contributed by atoms with E-state index >= 15 is 0 Å². The SMILES string of the molecule is O=C(OCO)C(CO)CCCCCCCCCCCCCCCCCO. The Morgan fingerprint density at radius 1 is 0.615 bits per heavy atom. The summed E-state index contributed by atoms with van der Waals surface area (Å²) in [5.74, 6) is -0.989. The Balaban J connectivity index is 3.23. The van der Waals surface area contributed by atoms with Crippen LogP contribution in [-0.4, -0.2) is 41.3 Å². The molecule has 5 heteroatoms. The standard InChI is InChI=1S/C21H42O5/c22-17-15-13-11-9-7-5-3-1-2-4-6-8-10-12-14-16-20(18-23)21(25)26-19-24/h20,22-24H,1-19H2. The van der Waals surface area contributed by atoms with Crippen molar-refractivity contribution < 1.29 is 24.9 Å². The number of aliphatic hydroxyl groups is 3. The number of rotatable bonds is 20. The van der Waals surface area contributed by atoms with E-state index in [1.54, 1.807) is 0 Å². The summed E-state index contributed by atoms with van der Waals surface area (Å²) in [5, 5.41) is 26.4. The zero-order valence-electron chi connectivity index (χ0n) is 16.7. The van der Waals surface area contributed by atoms with Gasteiger partial charge in [0.1, 0.15) is 0 Å². The van der Waals surface area contributed by atoms with Gasteiger partial charge in [-0.3, -0.25) is 4.79 Å². The van der Waals surface area contributed by atoms with Gasteiger partial charge in [0.15, 0.2) is 6.79 Å². The fourth-order valence-electron chi connectivity index (χ4n) is 3.27. The number of hydrogen-bond donors (Lipinski definition) is 3. The third-order valence-electron chi connectivity index (χ3n) is 4.97. The van der Waals surface area contributed by atoms with Gasteiger partial charge in [-0.15, -0.1) is 0 Å². The summed E-state index contributed by atoms with van der Waals surface area (Å²) >= 11 is 0. The number of ether oxygens (including phenoxy) is 1. The first kappa shape index (κ1) is 25.4. The molecule has 0 bridgehead atoms. The van der Waals surface area contributed by atoms with E-state index in [0.29, 0.717) is 13.0 Å². The molecule has 0 rings (SSSR count). The number of carbonyl (C=O) groups excluding carboxylic acids is 1. The van der Waals surface area contributed by atoms with Crippen LogP contribution in [0.25, 0.3) is 0 Å². The maximum absolute atomic E-state index is 11.4. The predicted octanol–water partition coefficient (Wildman–Crippen LogP) is 4.32. The average Bonchev–Trinajstić information content (AvgIpc) is 2.64. The van der Waals surface area contributed by atoms with Crippen molar-refractivity contribution in [2.45, 2.75) is 103 Å². The Morgan fingerprint density at radius 2 is 1.00 bits per heavy atom. The molecule has 0 radical (unpaired) electrons. The predicted molar refractivity (Wildman–Crippen MR) is 105 cm³/mol. The number of carbonyl (C=O) groups is 1. The van der Waals surface area contributed by atoms with Crippen LogP contribution in [0.5, 0.6) is 0 Å². The monoisotopic (exact) mass is 374 g/mol. The zero-order chi connectivity index (χ0) is 19.3. The highest BCUT2D eigenvalue weighted by Crippen LogP contribution is 2.15. The van der Waals surface area contributed by atoms with Gasteiger partial charge in [-0.25, -0.2) is 0 Å². The first-order valence-electron chi connectivity index (χ1n) is 10.8. The van der Waals surface area contributed by atoms with Gasteiger partial charge in [0.25, 0.3) is 0 Å². The van der Waals surface area contributed by atoms with Crippen LogP contribution in [0.3, 0.4) is 0 Å². The van der Waals surface area contributed by atoms with Gasteiger partial charge in [-0.05, 0) is 12.8 Å². The van der Waals surface area contributed by atoms with Crippen molar-refractivity contribution in [3.05, 3.63) is 0 Å². The first-order chi connectivity index (χ1) is 12.8. The van der Waals surface area contributed by atoms with Gasteiger partial charge in [0.2, 0.25) is 0 Å². The van der Waals surface area contributed by atoms with Crippen LogP contribution in [0.1, 0.15) is 103 Å². The highest BCUT2D eigenvalue weighted by Gasteiger charge is 2.18. The summed E-state index contributed by atoms with van der Waals surface area (Å²) in [6.07, 6.45) is 19.1. The van der Waals surface area contributed by atoms with Crippen LogP contribution in [0.15, 0.2) is 0 Å². The molecule has 0 saturated carbocycles. The fraction of sp³-hybridized carbons (Fsp3) is 0.952. The van der Waals surface area contributed by atoms with Gasteiger partial charge < -0.3 is 20.1 Å². The lowest BCUT2D eigenvalue weighted by atomic mass is 10.0. The maximum Gasteiger partial charge on any atom is 0.313 e. The van der Waals surface area contributed by atoms with Crippen LogP contribution in [-0.2, 0) is 9.53 Å². The molecule has 0 aromatic carbocycles. The Hall–Kier alpha value is -0.650. The molecule has 0 aliphatic carbocycles. The normalized spacial score (nSPS) is 12.3. The third kappa shape index (κ3) is 16.8. The van der Waals surface area contributed by atoms with Gasteiger partial charge in [-0.2, -0.15) is 0 Å². The van der Waals surface area contributed by atoms with Crippen molar-refractivity contribution in [2.75, 3.05) is 20.0 Å². The molecule has 0 aromatic heterocycles. The van der Waals surface area contributed by atoms with E-state index in [1.807, 2.05) is 0 Å². The smallest absolute Gasteiger partial charge is 0.313 e. The van der Waals surface area contributed by atoms with E-state index in [1.165, 1.54) is 77.0 Å². The number of aliphatic hydroxyl groups excluding tert-OH is 3. The van der Waals surface area contributed by atoms with Crippen molar-refractivity contribution in [1.29, 1.82) is 0 Å². The van der Waals surface area contributed by atoms with E-state index in [2.05, 4.69) is 4.74 Å². The quantitative estimate of drug-likeness (QED) is 0.168. The molecule has 0 fully saturated rings. The van der Waals surface area contributed by atoms with Crippen molar-refractivity contribution in [2.24, 2.45) is 5.92 Å². The van der Waals surface area contributed by atoms with Crippen molar-refractivity contribution in [1.82, 2.24) is 0 Å². The largest absolute Gasteiger partial charge is 0.438 e. The molecule has 5 nitrogen and oxygen atoms in total. The summed E-state index contributed by atoms with van der Waals surface area (Å²) in [6, 6.07) is 0. The number of esters is 1. The molecule has 26 heavy (non-hydrogen) atoms. The Kier molecular flexibility index (Phi) is 20.1. The van der Waals surface area contributed by atoms with Crippen LogP contribution in [0.4, 0.5) is 0 Å². The van der Waals surface area contributed by atoms with Crippen molar-refractivity contribution in [3.8, 4) is 0 Å². The van der Waals surface area contributed by atoms with Gasteiger partial charge in [0.05, 0.1) is 12.5 Å². The van der Waals surface area contributed by atoms with Gasteiger partial charge >= 0.3 is 5.97 Å². The van der Waals surface area contributed by atoms with Crippen LogP contribution >= 0.6 is 0 Å². The van der Waals surface area contributed by atoms with Crippen LogP contribution in [0.2, 0.25) is 0 Å². The molecule has 0 aliphatic heterocycles. The Labute approximate surface area is 160 Å². The Bertz CT molecular complexity index is 296. The topological polar surface area (TPSA) is 87.0 Å². The zero-order valence-corrected chi connectivity index (χ0v) is 16.7. The molecular weight excluding hydrogens is 332 g/mol. The molecular formula is C21H42O5. The maximum atomic E-state index is 11.4. The highest BCUT2D eigenvalue weighted by atomic mass is 16.6. The molecule has 0 aliphatic rings. The first-order valence-corrected chi connectivity index (χ1v) is 10.8. The lowest BCUT2D eigenvalue weighted by Crippen LogP contribution is -2.21. The van der Waals surface area contributed by atoms with Crippen molar-refractivity contribution >= 4 is 5.97 Å². The molecule has 0 aromatic rings. The van der Waals surface area contributed by atoms with E-state index < -0.39 is 18.7 Å². The van der Waals surface area contributed by atoms with Crippen LogP contribution < -0.4 is 0 Å². The second kappa shape index (κ2) is 20.7. The molecule has 1 atom stereocenters. The second-order valence-electron chi connectivity index (χ2n) is 7.29. The summed E-state index contributed by atoms with van der Waals surface area (Å²) in [6.45, 7) is -0.482. The molecule has 0 spiro atoms. The fourth-order valence-corrected chi connectivity index (χ4v) is 3.27. The molecule has 0 saturated heterocycles. The van der Waals surface area contributed by atoms with E-state index in [0.717, 1.165) is 19.3 Å². The summed E-state index contributed by atoms with van der Waals surface area (Å²) < 4.78 is 4.52. The van der Waals surface area contributed by atoms with Crippen LogP contribution in [0, 0.1) is 5.92 Å². The Morgan fingerprint density at radius 3 is 1.35 bits per heavy atom. The summed E-state index contributed by atoms with van der Waals surface area (Å²) in [5.41, 5.74) is 0. The average molecular weight is 375 g/mol. The minimum atomic E-state index is -0.611. The summed E-state index contributed by atoms with van der Waals surface area (Å²) in [4.78, 5) is 11.4. The number of hydrogen-bond acceptors (Lipinski definition) is 5. The molecule has 0 heterocycles. The van der Waals surface area contributed by atoms with E-state index in [-0.39, 0.29) is 6.61 Å². The lowest BCUT2D eigenvalue weighted by Gasteiger charge is -2.11. The minimum absolute atomic E-state index is 0.207. The molecule has 156 valence electrons. The molecule has 3 N–H and O–H groups in total. The third-order valence-corrected chi connectivity index (χ3v) is 4.97. The molecule has 0 amide bonds. The van der Waals surface area contributed by atoms with Crippen molar-refractivity contribution in [3.63, 3.8) is 0 Å². The summed E-state index contributed by atoms with van der Waals surface area (Å²) in [7, 11) is 0. The minimum Gasteiger partial charge on any atom is -0.438 e. The van der Waals surface area contributed by atoms with Gasteiger partial charge in [0, 0.05) is 6.61 Å². The molecule has 1 unspecified atom stereocenters. The number of unbranched alkanes of at least 4 members (excludes halogenated alkanes) is 14. The second-order valence-corrected chi connectivity index (χ2v) is 7.29. The van der Waals surface area contributed by atoms with Gasteiger partial charge in [-0.1, -0.05) is 89.9 Å². The van der Waals surface area contributed by atoms with E-state index in [9.17, 15) is 4.79 Å². The highest BCUT2D eigenvalue weighted by molar-refractivity contribution is 5.72.